The van der Waals surface area contributed by atoms with Gasteiger partial charge in [-0.25, -0.2) is 5.43 Å². The van der Waals surface area contributed by atoms with Crippen LogP contribution < -0.4 is 5.43 Å². The lowest BCUT2D eigenvalue weighted by molar-refractivity contribution is -0.122. The molecule has 0 spiro atoms. The molecular weight excluding hydrogens is 376 g/mol. The highest BCUT2D eigenvalue weighted by Gasteiger charge is 2.19. The average Bonchev–Trinajstić information content (AvgIpc) is 2.70. The number of hydrogen-bond acceptors (Lipinski definition) is 5. The van der Waals surface area contributed by atoms with Gasteiger partial charge in [0.2, 0.25) is 0 Å². The molecule has 0 aliphatic carbocycles. The molecule has 1 fully saturated rings. The quantitative estimate of drug-likeness (QED) is 0.578. The molecular formula is C21H25ClN4O2. The van der Waals surface area contributed by atoms with Gasteiger partial charge in [-0.15, -0.1) is 0 Å². The number of amides is 1. The third-order valence-corrected chi connectivity index (χ3v) is 5.19. The topological polar surface area (TPSA) is 68.2 Å². The van der Waals surface area contributed by atoms with E-state index in [2.05, 4.69) is 26.4 Å². The summed E-state index contributed by atoms with van der Waals surface area (Å²) in [5, 5.41) is 14.3. The third kappa shape index (κ3) is 5.79. The van der Waals surface area contributed by atoms with E-state index in [-0.39, 0.29) is 11.7 Å². The molecule has 0 unspecified atom stereocenters. The Morgan fingerprint density at radius 1 is 1.07 bits per heavy atom. The number of aromatic hydroxyl groups is 1. The fraction of sp³-hybridized carbons (Fsp3) is 0.333. The largest absolute Gasteiger partial charge is 0.508 e. The van der Waals surface area contributed by atoms with Crippen LogP contribution in [0.15, 0.2) is 53.6 Å². The van der Waals surface area contributed by atoms with Crippen LogP contribution in [0.1, 0.15) is 18.1 Å². The Balaban J connectivity index is 1.43. The van der Waals surface area contributed by atoms with E-state index in [1.165, 1.54) is 0 Å². The predicted octanol–water partition coefficient (Wildman–Crippen LogP) is 2.70. The van der Waals surface area contributed by atoms with E-state index in [1.807, 2.05) is 25.1 Å². The SMILES string of the molecule is C/C(=N/NC(=O)CN1CCN(Cc2ccccc2Cl)CC1)c1ccc(O)cc1. The first kappa shape index (κ1) is 20.3. The molecule has 1 amide bonds. The molecule has 28 heavy (non-hydrogen) atoms. The van der Waals surface area contributed by atoms with Gasteiger partial charge in [-0.2, -0.15) is 5.10 Å². The number of nitrogens with one attached hydrogen (secondary N) is 1. The summed E-state index contributed by atoms with van der Waals surface area (Å²) in [5.74, 6) is 0.0759. The van der Waals surface area contributed by atoms with Crippen LogP contribution in [0, 0.1) is 0 Å². The first-order chi connectivity index (χ1) is 13.5. The minimum atomic E-state index is -0.127. The number of phenols is 1. The van der Waals surface area contributed by atoms with E-state index < -0.39 is 0 Å². The Morgan fingerprint density at radius 3 is 2.39 bits per heavy atom. The van der Waals surface area contributed by atoms with E-state index in [0.717, 1.165) is 48.9 Å². The monoisotopic (exact) mass is 400 g/mol. The molecule has 2 aromatic rings. The van der Waals surface area contributed by atoms with E-state index >= 15 is 0 Å². The zero-order valence-corrected chi connectivity index (χ0v) is 16.7. The highest BCUT2D eigenvalue weighted by molar-refractivity contribution is 6.31. The summed E-state index contributed by atoms with van der Waals surface area (Å²) in [4.78, 5) is 16.7. The number of carbonyl (C=O) groups is 1. The van der Waals surface area contributed by atoms with Gasteiger partial charge in [0, 0.05) is 37.7 Å². The molecule has 3 rings (SSSR count). The summed E-state index contributed by atoms with van der Waals surface area (Å²) in [6.45, 7) is 6.43. The molecule has 1 heterocycles. The van der Waals surface area contributed by atoms with Crippen molar-refractivity contribution < 1.29 is 9.90 Å². The number of phenolic OH excluding ortho intramolecular Hbond substituents is 1. The lowest BCUT2D eigenvalue weighted by Gasteiger charge is -2.34. The lowest BCUT2D eigenvalue weighted by Crippen LogP contribution is -2.48. The predicted molar refractivity (Wildman–Crippen MR) is 112 cm³/mol. The van der Waals surface area contributed by atoms with Crippen LogP contribution in [0.4, 0.5) is 0 Å². The summed E-state index contributed by atoms with van der Waals surface area (Å²) in [7, 11) is 0. The maximum atomic E-state index is 12.2. The van der Waals surface area contributed by atoms with Crippen molar-refractivity contribution in [3.05, 3.63) is 64.7 Å². The van der Waals surface area contributed by atoms with E-state index in [9.17, 15) is 9.90 Å². The van der Waals surface area contributed by atoms with Crippen molar-refractivity contribution >= 4 is 23.2 Å². The molecule has 1 aliphatic rings. The molecule has 0 bridgehead atoms. The molecule has 1 aliphatic heterocycles. The molecule has 2 aromatic carbocycles. The van der Waals surface area contributed by atoms with Crippen molar-refractivity contribution in [2.24, 2.45) is 5.10 Å². The number of hydrogen-bond donors (Lipinski definition) is 2. The number of carbonyl (C=O) groups excluding carboxylic acids is 1. The van der Waals surface area contributed by atoms with E-state index in [4.69, 9.17) is 11.6 Å². The molecule has 0 saturated carbocycles. The first-order valence-corrected chi connectivity index (χ1v) is 9.70. The molecule has 0 aromatic heterocycles. The van der Waals surface area contributed by atoms with Gasteiger partial charge >= 0.3 is 0 Å². The van der Waals surface area contributed by atoms with Crippen molar-refractivity contribution in [3.63, 3.8) is 0 Å². The molecule has 6 nitrogen and oxygen atoms in total. The Bertz CT molecular complexity index is 831. The van der Waals surface area contributed by atoms with Crippen LogP contribution in [-0.4, -0.2) is 59.2 Å². The molecule has 1 saturated heterocycles. The molecule has 0 atom stereocenters. The number of nitrogens with zero attached hydrogens (tertiary/aromatic N) is 3. The Hall–Kier alpha value is -2.41. The second-order valence-corrected chi connectivity index (χ2v) is 7.33. The number of piperazine rings is 1. The van der Waals surface area contributed by atoms with Gasteiger partial charge < -0.3 is 5.11 Å². The molecule has 148 valence electrons. The summed E-state index contributed by atoms with van der Waals surface area (Å²) < 4.78 is 0. The van der Waals surface area contributed by atoms with Crippen molar-refractivity contribution in [1.29, 1.82) is 0 Å². The van der Waals surface area contributed by atoms with Crippen molar-refractivity contribution in [1.82, 2.24) is 15.2 Å². The maximum absolute atomic E-state index is 12.2. The molecule has 2 N–H and O–H groups in total. The smallest absolute Gasteiger partial charge is 0.254 e. The van der Waals surface area contributed by atoms with Gasteiger partial charge in [0.25, 0.3) is 5.91 Å². The lowest BCUT2D eigenvalue weighted by atomic mass is 10.1. The summed E-state index contributed by atoms with van der Waals surface area (Å²) in [6.07, 6.45) is 0. The van der Waals surface area contributed by atoms with Gasteiger partial charge in [-0.05, 0) is 48.4 Å². The zero-order valence-electron chi connectivity index (χ0n) is 15.9. The highest BCUT2D eigenvalue weighted by atomic mass is 35.5. The first-order valence-electron chi connectivity index (χ1n) is 9.32. The maximum Gasteiger partial charge on any atom is 0.254 e. The highest BCUT2D eigenvalue weighted by Crippen LogP contribution is 2.17. The standard InChI is InChI=1S/C21H25ClN4O2/c1-16(17-6-8-19(27)9-7-17)23-24-21(28)15-26-12-10-25(11-13-26)14-18-4-2-3-5-20(18)22/h2-9,27H,10-15H2,1H3,(H,24,28)/b23-16-. The Morgan fingerprint density at radius 2 is 1.71 bits per heavy atom. The van der Waals surface area contributed by atoms with E-state index in [1.54, 1.807) is 24.3 Å². The Labute approximate surface area is 170 Å². The fourth-order valence-electron chi connectivity index (χ4n) is 3.12. The normalized spacial score (nSPS) is 16.1. The zero-order chi connectivity index (χ0) is 19.9. The second-order valence-electron chi connectivity index (χ2n) is 6.92. The second kappa shape index (κ2) is 9.68. The Kier molecular flexibility index (Phi) is 7.03. The van der Waals surface area contributed by atoms with Gasteiger partial charge in [0.15, 0.2) is 0 Å². The van der Waals surface area contributed by atoms with Gasteiger partial charge in [-0.3, -0.25) is 14.6 Å². The third-order valence-electron chi connectivity index (χ3n) is 4.82. The number of benzene rings is 2. The van der Waals surface area contributed by atoms with Crippen LogP contribution in [0.5, 0.6) is 5.75 Å². The van der Waals surface area contributed by atoms with Crippen molar-refractivity contribution in [3.8, 4) is 5.75 Å². The van der Waals surface area contributed by atoms with Gasteiger partial charge in [-0.1, -0.05) is 29.8 Å². The van der Waals surface area contributed by atoms with Gasteiger partial charge in [0.05, 0.1) is 12.3 Å². The summed E-state index contributed by atoms with van der Waals surface area (Å²) in [5.41, 5.74) is 5.29. The van der Waals surface area contributed by atoms with Crippen molar-refractivity contribution in [2.75, 3.05) is 32.7 Å². The average molecular weight is 401 g/mol. The van der Waals surface area contributed by atoms with Crippen molar-refractivity contribution in [2.45, 2.75) is 13.5 Å². The number of halogens is 1. The molecule has 0 radical (unpaired) electrons. The molecule has 7 heteroatoms. The number of rotatable bonds is 6. The summed E-state index contributed by atoms with van der Waals surface area (Å²) in [6, 6.07) is 14.6. The summed E-state index contributed by atoms with van der Waals surface area (Å²) >= 11 is 6.24. The van der Waals surface area contributed by atoms with Crippen LogP contribution >= 0.6 is 11.6 Å². The van der Waals surface area contributed by atoms with E-state index in [0.29, 0.717) is 12.3 Å². The minimum absolute atomic E-state index is 0.127. The minimum Gasteiger partial charge on any atom is -0.508 e. The fourth-order valence-corrected chi connectivity index (χ4v) is 3.32. The van der Waals surface area contributed by atoms with Gasteiger partial charge in [0.1, 0.15) is 5.75 Å². The van der Waals surface area contributed by atoms with Crippen LogP contribution in [-0.2, 0) is 11.3 Å². The van der Waals surface area contributed by atoms with Crippen LogP contribution in [0.2, 0.25) is 5.02 Å². The van der Waals surface area contributed by atoms with Crippen LogP contribution in [0.3, 0.4) is 0 Å². The number of hydrazone groups is 1. The van der Waals surface area contributed by atoms with Crippen LogP contribution in [0.25, 0.3) is 0 Å².